The van der Waals surface area contributed by atoms with Crippen molar-refractivity contribution < 1.29 is 5.11 Å². The van der Waals surface area contributed by atoms with Gasteiger partial charge in [0, 0.05) is 11.8 Å². The van der Waals surface area contributed by atoms with Crippen molar-refractivity contribution in [3.8, 4) is 17.0 Å². The van der Waals surface area contributed by atoms with Gasteiger partial charge in [0.2, 0.25) is 0 Å². The maximum atomic E-state index is 9.79. The number of phenols is 1. The number of pyridine rings is 1. The molecule has 0 radical (unpaired) electrons. The first-order chi connectivity index (χ1) is 8.97. The molecular weight excluding hydrogens is 234 g/mol. The van der Waals surface area contributed by atoms with Crippen molar-refractivity contribution in [3.63, 3.8) is 0 Å². The van der Waals surface area contributed by atoms with Crippen LogP contribution in [-0.4, -0.2) is 10.1 Å². The predicted molar refractivity (Wildman–Crippen MR) is 81.4 cm³/mol. The van der Waals surface area contributed by atoms with Crippen molar-refractivity contribution in [3.05, 3.63) is 48.2 Å². The summed E-state index contributed by atoms with van der Waals surface area (Å²) in [5.74, 6) is 0.290. The highest BCUT2D eigenvalue weighted by atomic mass is 16.3. The quantitative estimate of drug-likeness (QED) is 0.797. The van der Waals surface area contributed by atoms with Gasteiger partial charge in [-0.3, -0.25) is 4.98 Å². The molecule has 2 nitrogen and oxygen atoms in total. The fraction of sp³-hybridized carbons (Fsp3) is 0.353. The van der Waals surface area contributed by atoms with E-state index in [4.69, 9.17) is 0 Å². The molecular formula is C17H23NO. The maximum Gasteiger partial charge on any atom is 0.116 e. The van der Waals surface area contributed by atoms with Crippen LogP contribution in [0, 0.1) is 0 Å². The first kappa shape index (κ1) is 15.2. The van der Waals surface area contributed by atoms with Crippen LogP contribution in [0.4, 0.5) is 0 Å². The first-order valence-corrected chi connectivity index (χ1v) is 6.73. The van der Waals surface area contributed by atoms with Crippen LogP contribution >= 0.6 is 0 Å². The summed E-state index contributed by atoms with van der Waals surface area (Å²) in [6.07, 6.45) is 1.76. The van der Waals surface area contributed by atoms with Gasteiger partial charge in [-0.2, -0.15) is 0 Å². The summed E-state index contributed by atoms with van der Waals surface area (Å²) in [6.45, 7) is 10.4. The SMILES string of the molecule is CC.CC(C)(C)c1cc(O)cc(-c2ccccn2)c1. The Morgan fingerprint density at radius 3 is 2.21 bits per heavy atom. The summed E-state index contributed by atoms with van der Waals surface area (Å²) >= 11 is 0. The van der Waals surface area contributed by atoms with Gasteiger partial charge < -0.3 is 5.11 Å². The number of benzene rings is 1. The molecule has 1 heterocycles. The van der Waals surface area contributed by atoms with E-state index >= 15 is 0 Å². The fourth-order valence-electron chi connectivity index (χ4n) is 1.73. The molecule has 0 bridgehead atoms. The number of rotatable bonds is 1. The van der Waals surface area contributed by atoms with Crippen molar-refractivity contribution >= 4 is 0 Å². The van der Waals surface area contributed by atoms with Gasteiger partial charge in [0.1, 0.15) is 5.75 Å². The Labute approximate surface area is 116 Å². The molecule has 1 aromatic heterocycles. The highest BCUT2D eigenvalue weighted by molar-refractivity contribution is 5.62. The summed E-state index contributed by atoms with van der Waals surface area (Å²) in [4.78, 5) is 4.30. The molecule has 0 saturated carbocycles. The summed E-state index contributed by atoms with van der Waals surface area (Å²) < 4.78 is 0. The summed E-state index contributed by atoms with van der Waals surface area (Å²) in [7, 11) is 0. The Hall–Kier alpha value is -1.83. The Bertz CT molecular complexity index is 513. The summed E-state index contributed by atoms with van der Waals surface area (Å²) in [6, 6.07) is 11.4. The molecule has 0 spiro atoms. The zero-order valence-electron chi connectivity index (χ0n) is 12.4. The lowest BCUT2D eigenvalue weighted by Gasteiger charge is -2.20. The van der Waals surface area contributed by atoms with Gasteiger partial charge in [0.25, 0.3) is 0 Å². The van der Waals surface area contributed by atoms with Crippen molar-refractivity contribution in [2.45, 2.75) is 40.0 Å². The average molecular weight is 257 g/mol. The molecule has 0 aliphatic carbocycles. The molecule has 0 aliphatic rings. The van der Waals surface area contributed by atoms with Gasteiger partial charge in [-0.15, -0.1) is 0 Å². The molecule has 0 unspecified atom stereocenters. The van der Waals surface area contributed by atoms with Gasteiger partial charge >= 0.3 is 0 Å². The monoisotopic (exact) mass is 257 g/mol. The van der Waals surface area contributed by atoms with Crippen LogP contribution in [0.1, 0.15) is 40.2 Å². The lowest BCUT2D eigenvalue weighted by Crippen LogP contribution is -2.10. The molecule has 2 heteroatoms. The van der Waals surface area contributed by atoms with Crippen molar-refractivity contribution in [2.24, 2.45) is 0 Å². The van der Waals surface area contributed by atoms with E-state index in [1.165, 1.54) is 0 Å². The molecule has 0 fully saturated rings. The zero-order chi connectivity index (χ0) is 14.5. The molecule has 1 aromatic carbocycles. The number of hydrogen-bond donors (Lipinski definition) is 1. The van der Waals surface area contributed by atoms with Gasteiger partial charge in [0.15, 0.2) is 0 Å². The van der Waals surface area contributed by atoms with Crippen molar-refractivity contribution in [2.75, 3.05) is 0 Å². The molecule has 0 amide bonds. The van der Waals surface area contributed by atoms with Gasteiger partial charge in [-0.05, 0) is 41.3 Å². The van der Waals surface area contributed by atoms with Gasteiger partial charge in [0.05, 0.1) is 5.69 Å². The summed E-state index contributed by atoms with van der Waals surface area (Å²) in [5.41, 5.74) is 2.96. The second-order valence-corrected chi connectivity index (χ2v) is 5.23. The van der Waals surface area contributed by atoms with Crippen LogP contribution in [0.2, 0.25) is 0 Å². The Morgan fingerprint density at radius 2 is 1.68 bits per heavy atom. The predicted octanol–water partition coefficient (Wildman–Crippen LogP) is 4.78. The van der Waals surface area contributed by atoms with E-state index in [0.29, 0.717) is 0 Å². The highest BCUT2D eigenvalue weighted by Gasteiger charge is 2.15. The first-order valence-electron chi connectivity index (χ1n) is 6.73. The van der Waals surface area contributed by atoms with E-state index in [-0.39, 0.29) is 11.2 Å². The van der Waals surface area contributed by atoms with E-state index in [1.54, 1.807) is 12.3 Å². The molecule has 0 atom stereocenters. The smallest absolute Gasteiger partial charge is 0.116 e. The molecule has 0 aliphatic heterocycles. The number of aromatic hydroxyl groups is 1. The minimum absolute atomic E-state index is 0.0161. The van der Waals surface area contributed by atoms with Gasteiger partial charge in [-0.25, -0.2) is 0 Å². The fourth-order valence-corrected chi connectivity index (χ4v) is 1.73. The summed E-state index contributed by atoms with van der Waals surface area (Å²) in [5, 5.41) is 9.79. The molecule has 2 aromatic rings. The van der Waals surface area contributed by atoms with Crippen molar-refractivity contribution in [1.82, 2.24) is 4.98 Å². The van der Waals surface area contributed by atoms with Crippen LogP contribution in [-0.2, 0) is 5.41 Å². The maximum absolute atomic E-state index is 9.79. The number of aromatic nitrogens is 1. The lowest BCUT2D eigenvalue weighted by molar-refractivity contribution is 0.471. The minimum atomic E-state index is 0.0161. The number of hydrogen-bond acceptors (Lipinski definition) is 2. The van der Waals surface area contributed by atoms with Crippen LogP contribution in [0.25, 0.3) is 11.3 Å². The van der Waals surface area contributed by atoms with E-state index in [2.05, 4.69) is 31.8 Å². The number of phenolic OH excluding ortho intramolecular Hbond substituents is 1. The molecule has 102 valence electrons. The number of nitrogens with zero attached hydrogens (tertiary/aromatic N) is 1. The van der Waals surface area contributed by atoms with Crippen LogP contribution in [0.15, 0.2) is 42.6 Å². The second-order valence-electron chi connectivity index (χ2n) is 5.23. The van der Waals surface area contributed by atoms with Crippen molar-refractivity contribution in [1.29, 1.82) is 0 Å². The standard InChI is InChI=1S/C15H17NO.C2H6/c1-15(2,3)12-8-11(9-13(17)10-12)14-6-4-5-7-16-14;1-2/h4-10,17H,1-3H3;1-2H3. The van der Waals surface area contributed by atoms with Gasteiger partial charge in [-0.1, -0.05) is 40.7 Å². The largest absolute Gasteiger partial charge is 0.508 e. The lowest BCUT2D eigenvalue weighted by atomic mass is 9.85. The van der Waals surface area contributed by atoms with Crippen LogP contribution in [0.5, 0.6) is 5.75 Å². The molecule has 19 heavy (non-hydrogen) atoms. The second kappa shape index (κ2) is 6.37. The Balaban J connectivity index is 0.000000861. The molecule has 0 saturated heterocycles. The zero-order valence-corrected chi connectivity index (χ0v) is 12.4. The van der Waals surface area contributed by atoms with E-state index in [1.807, 2.05) is 38.1 Å². The highest BCUT2D eigenvalue weighted by Crippen LogP contribution is 2.30. The average Bonchev–Trinajstić information content (AvgIpc) is 2.40. The van der Waals surface area contributed by atoms with Crippen LogP contribution in [0.3, 0.4) is 0 Å². The van der Waals surface area contributed by atoms with E-state index in [0.717, 1.165) is 16.8 Å². The third kappa shape index (κ3) is 4.09. The normalized spacial score (nSPS) is 10.6. The third-order valence-corrected chi connectivity index (χ3v) is 2.74. The Morgan fingerprint density at radius 1 is 1.00 bits per heavy atom. The van der Waals surface area contributed by atoms with Crippen LogP contribution < -0.4 is 0 Å². The topological polar surface area (TPSA) is 33.1 Å². The Kier molecular flexibility index (Phi) is 5.11. The molecule has 2 rings (SSSR count). The van der Waals surface area contributed by atoms with E-state index < -0.39 is 0 Å². The molecule has 1 N–H and O–H groups in total. The third-order valence-electron chi connectivity index (χ3n) is 2.74. The minimum Gasteiger partial charge on any atom is -0.508 e. The van der Waals surface area contributed by atoms with E-state index in [9.17, 15) is 5.11 Å².